The predicted octanol–water partition coefficient (Wildman–Crippen LogP) is 3.63. The van der Waals surface area contributed by atoms with Gasteiger partial charge in [-0.15, -0.1) is 0 Å². The minimum Gasteiger partial charge on any atom is -0.284 e. The zero-order valence-electron chi connectivity index (χ0n) is 17.0. The zero-order valence-corrected chi connectivity index (χ0v) is 17.8. The van der Waals surface area contributed by atoms with Gasteiger partial charge in [-0.1, -0.05) is 50.6 Å². The lowest BCUT2D eigenvalue weighted by Crippen LogP contribution is -2.36. The van der Waals surface area contributed by atoms with Crippen LogP contribution in [0.4, 0.5) is 0 Å². The molecule has 6 nitrogen and oxygen atoms in total. The minimum atomic E-state index is -0.103. The Morgan fingerprint density at radius 2 is 1.79 bits per heavy atom. The summed E-state index contributed by atoms with van der Waals surface area (Å²) in [5, 5.41) is 1.34. The first-order valence-corrected chi connectivity index (χ1v) is 11.4. The smallest absolute Gasteiger partial charge is 0.262 e. The number of thioether (sulfide) groups is 1. The summed E-state index contributed by atoms with van der Waals surface area (Å²) >= 11 is 1.47. The summed E-state index contributed by atoms with van der Waals surface area (Å²) in [5.74, 6) is 1.29. The number of para-hydroxylation sites is 1. The van der Waals surface area contributed by atoms with Crippen molar-refractivity contribution in [2.45, 2.75) is 57.1 Å². The second kappa shape index (κ2) is 8.30. The highest BCUT2D eigenvalue weighted by Gasteiger charge is 2.32. The molecule has 2 aliphatic rings. The lowest BCUT2D eigenvalue weighted by atomic mass is 9.78. The van der Waals surface area contributed by atoms with E-state index in [1.165, 1.54) is 23.1 Å². The van der Waals surface area contributed by atoms with Gasteiger partial charge in [0.1, 0.15) is 0 Å². The minimum absolute atomic E-state index is 0.0115. The van der Waals surface area contributed by atoms with Gasteiger partial charge in [0.15, 0.2) is 5.16 Å². The highest BCUT2D eigenvalue weighted by atomic mass is 32.2. The number of amides is 2. The number of likely N-dealkylation sites (tertiary alicyclic amines) is 1. The zero-order chi connectivity index (χ0) is 20.5. The Kier molecular flexibility index (Phi) is 5.76. The molecular weight excluding hydrogens is 386 g/mol. The Morgan fingerprint density at radius 3 is 2.55 bits per heavy atom. The lowest BCUT2D eigenvalue weighted by Gasteiger charge is -2.36. The van der Waals surface area contributed by atoms with Crippen molar-refractivity contribution in [3.8, 4) is 0 Å². The van der Waals surface area contributed by atoms with Crippen LogP contribution >= 0.6 is 11.8 Å². The fourth-order valence-electron chi connectivity index (χ4n) is 4.54. The standard InChI is InChI=1S/C22H27N3O3S/c1-14-6-5-9-18(15(14)2)25-21(28)16-7-3-4-8-17(16)23-22(25)29-13-12-24-19(26)10-11-20(24)27/h3-4,7-8,14-15,18H,5-6,9-13H2,1-2H3. The largest absolute Gasteiger partial charge is 0.284 e. The molecule has 2 heterocycles. The molecule has 1 aromatic carbocycles. The fourth-order valence-corrected chi connectivity index (χ4v) is 5.52. The molecule has 154 valence electrons. The average molecular weight is 414 g/mol. The van der Waals surface area contributed by atoms with E-state index in [0.717, 1.165) is 12.8 Å². The molecule has 2 fully saturated rings. The van der Waals surface area contributed by atoms with Gasteiger partial charge in [0.25, 0.3) is 5.56 Å². The molecule has 0 radical (unpaired) electrons. The van der Waals surface area contributed by atoms with Crippen LogP contribution in [-0.4, -0.2) is 38.6 Å². The average Bonchev–Trinajstić information content (AvgIpc) is 3.03. The van der Waals surface area contributed by atoms with Gasteiger partial charge in [0.05, 0.1) is 10.9 Å². The molecule has 2 amide bonds. The number of hydrogen-bond acceptors (Lipinski definition) is 5. The van der Waals surface area contributed by atoms with Crippen molar-refractivity contribution < 1.29 is 9.59 Å². The van der Waals surface area contributed by atoms with Gasteiger partial charge in [0, 0.05) is 31.2 Å². The Balaban J connectivity index is 1.67. The number of carbonyl (C=O) groups is 2. The number of nitrogens with zero attached hydrogens (tertiary/aromatic N) is 3. The third-order valence-corrected chi connectivity index (χ3v) is 7.40. The first-order valence-electron chi connectivity index (χ1n) is 10.4. The molecule has 1 saturated heterocycles. The van der Waals surface area contributed by atoms with E-state index in [4.69, 9.17) is 4.98 Å². The SMILES string of the molecule is CC1CCCC(n2c(SCCN3C(=O)CCC3=O)nc3ccccc3c2=O)C1C. The van der Waals surface area contributed by atoms with Crippen LogP contribution in [0.25, 0.3) is 10.9 Å². The van der Waals surface area contributed by atoms with Crippen LogP contribution in [0, 0.1) is 11.8 Å². The number of hydrogen-bond donors (Lipinski definition) is 0. The third kappa shape index (κ3) is 3.84. The van der Waals surface area contributed by atoms with Crippen molar-refractivity contribution in [2.24, 2.45) is 11.8 Å². The summed E-state index contributed by atoms with van der Waals surface area (Å²) in [6.07, 6.45) is 3.88. The molecule has 0 spiro atoms. The first kappa shape index (κ1) is 20.1. The summed E-state index contributed by atoms with van der Waals surface area (Å²) in [6.45, 7) is 4.85. The first-order chi connectivity index (χ1) is 14.0. The molecule has 0 bridgehead atoms. The maximum Gasteiger partial charge on any atom is 0.262 e. The van der Waals surface area contributed by atoms with E-state index in [9.17, 15) is 14.4 Å². The summed E-state index contributed by atoms with van der Waals surface area (Å²) in [4.78, 5) is 43.3. The number of fused-ring (bicyclic) bond motifs is 1. The van der Waals surface area contributed by atoms with E-state index in [1.54, 1.807) is 0 Å². The molecule has 7 heteroatoms. The van der Waals surface area contributed by atoms with Crippen molar-refractivity contribution in [3.05, 3.63) is 34.6 Å². The van der Waals surface area contributed by atoms with Gasteiger partial charge in [-0.2, -0.15) is 0 Å². The Morgan fingerprint density at radius 1 is 1.07 bits per heavy atom. The molecule has 3 unspecified atom stereocenters. The molecule has 29 heavy (non-hydrogen) atoms. The van der Waals surface area contributed by atoms with E-state index in [1.807, 2.05) is 28.8 Å². The van der Waals surface area contributed by atoms with E-state index in [0.29, 0.717) is 53.0 Å². The number of benzene rings is 1. The molecular formula is C22H27N3O3S. The van der Waals surface area contributed by atoms with Crippen molar-refractivity contribution in [1.29, 1.82) is 0 Å². The molecule has 2 aromatic rings. The van der Waals surface area contributed by atoms with Crippen LogP contribution in [-0.2, 0) is 9.59 Å². The highest BCUT2D eigenvalue weighted by molar-refractivity contribution is 7.99. The molecule has 1 aliphatic heterocycles. The number of rotatable bonds is 5. The van der Waals surface area contributed by atoms with E-state index < -0.39 is 0 Å². The third-order valence-electron chi connectivity index (χ3n) is 6.47. The molecule has 1 aliphatic carbocycles. The molecule has 1 aromatic heterocycles. The topological polar surface area (TPSA) is 72.3 Å². The maximum absolute atomic E-state index is 13.4. The van der Waals surface area contributed by atoms with Crippen LogP contribution in [0.3, 0.4) is 0 Å². The van der Waals surface area contributed by atoms with Crippen molar-refractivity contribution in [2.75, 3.05) is 12.3 Å². The van der Waals surface area contributed by atoms with E-state index >= 15 is 0 Å². The van der Waals surface area contributed by atoms with Crippen LogP contribution in [0.5, 0.6) is 0 Å². The number of aromatic nitrogens is 2. The number of carbonyl (C=O) groups excluding carboxylic acids is 2. The predicted molar refractivity (Wildman–Crippen MR) is 114 cm³/mol. The normalized spacial score (nSPS) is 25.2. The Bertz CT molecular complexity index is 986. The molecule has 4 rings (SSSR count). The Hall–Kier alpha value is -2.15. The quantitative estimate of drug-likeness (QED) is 0.425. The summed E-state index contributed by atoms with van der Waals surface area (Å²) in [6, 6.07) is 7.60. The number of imide groups is 1. The monoisotopic (exact) mass is 413 g/mol. The van der Waals surface area contributed by atoms with Gasteiger partial charge < -0.3 is 0 Å². The summed E-state index contributed by atoms with van der Waals surface area (Å²) in [7, 11) is 0. The molecule has 0 N–H and O–H groups in total. The van der Waals surface area contributed by atoms with E-state index in [-0.39, 0.29) is 23.4 Å². The highest BCUT2D eigenvalue weighted by Crippen LogP contribution is 2.38. The van der Waals surface area contributed by atoms with Gasteiger partial charge >= 0.3 is 0 Å². The van der Waals surface area contributed by atoms with Gasteiger partial charge in [-0.3, -0.25) is 23.9 Å². The van der Waals surface area contributed by atoms with Crippen molar-refractivity contribution >= 4 is 34.5 Å². The summed E-state index contributed by atoms with van der Waals surface area (Å²) in [5.41, 5.74) is 0.707. The van der Waals surface area contributed by atoms with Crippen LogP contribution in [0.1, 0.15) is 52.0 Å². The van der Waals surface area contributed by atoms with Crippen LogP contribution < -0.4 is 5.56 Å². The second-order valence-electron chi connectivity index (χ2n) is 8.21. The second-order valence-corrected chi connectivity index (χ2v) is 9.27. The summed E-state index contributed by atoms with van der Waals surface area (Å²) < 4.78 is 1.89. The van der Waals surface area contributed by atoms with Crippen molar-refractivity contribution in [1.82, 2.24) is 14.5 Å². The van der Waals surface area contributed by atoms with E-state index in [2.05, 4.69) is 13.8 Å². The lowest BCUT2D eigenvalue weighted by molar-refractivity contribution is -0.137. The molecule has 1 saturated carbocycles. The fraction of sp³-hybridized carbons (Fsp3) is 0.545. The van der Waals surface area contributed by atoms with Crippen molar-refractivity contribution in [3.63, 3.8) is 0 Å². The Labute approximate surface area is 174 Å². The van der Waals surface area contributed by atoms with Gasteiger partial charge in [-0.05, 0) is 30.4 Å². The van der Waals surface area contributed by atoms with Crippen LogP contribution in [0.15, 0.2) is 34.2 Å². The van der Waals surface area contributed by atoms with Gasteiger partial charge in [0.2, 0.25) is 11.8 Å². The van der Waals surface area contributed by atoms with Gasteiger partial charge in [-0.25, -0.2) is 4.98 Å². The van der Waals surface area contributed by atoms with Crippen LogP contribution in [0.2, 0.25) is 0 Å². The molecule has 3 atom stereocenters. The maximum atomic E-state index is 13.4.